The van der Waals surface area contributed by atoms with Crippen LogP contribution in [-0.4, -0.2) is 17.3 Å². The lowest BCUT2D eigenvalue weighted by Crippen LogP contribution is -1.93. The van der Waals surface area contributed by atoms with Crippen molar-refractivity contribution >= 4 is 0 Å². The van der Waals surface area contributed by atoms with Crippen LogP contribution in [0.3, 0.4) is 0 Å². The molecule has 4 nitrogen and oxygen atoms in total. The lowest BCUT2D eigenvalue weighted by atomic mass is 10.1. The zero-order chi connectivity index (χ0) is 9.80. The molecule has 72 valence electrons. The topological polar surface area (TPSA) is 48.2 Å². The first-order valence-electron chi connectivity index (χ1n) is 4.27. The summed E-state index contributed by atoms with van der Waals surface area (Å²) in [6, 6.07) is 7.76. The Hall–Kier alpha value is -1.84. The van der Waals surface area contributed by atoms with E-state index in [2.05, 4.69) is 10.1 Å². The zero-order valence-corrected chi connectivity index (χ0v) is 7.80. The van der Waals surface area contributed by atoms with Crippen molar-refractivity contribution in [2.75, 3.05) is 7.11 Å². The molecule has 1 aromatic carbocycles. The van der Waals surface area contributed by atoms with E-state index in [4.69, 9.17) is 9.26 Å². The lowest BCUT2D eigenvalue weighted by Gasteiger charge is -2.04. The molecule has 0 saturated carbocycles. The third-order valence-electron chi connectivity index (χ3n) is 1.94. The molecule has 0 N–H and O–H groups in total. The molecule has 0 bridgehead atoms. The first-order chi connectivity index (χ1) is 6.90. The van der Waals surface area contributed by atoms with Gasteiger partial charge in [0.1, 0.15) is 5.75 Å². The van der Waals surface area contributed by atoms with E-state index in [1.165, 1.54) is 6.33 Å². The molecule has 0 saturated heterocycles. The summed E-state index contributed by atoms with van der Waals surface area (Å²) in [5, 5.41) is 3.55. The van der Waals surface area contributed by atoms with Crippen LogP contribution in [-0.2, 0) is 6.42 Å². The quantitative estimate of drug-likeness (QED) is 0.738. The second-order valence-corrected chi connectivity index (χ2v) is 2.82. The summed E-state index contributed by atoms with van der Waals surface area (Å²) >= 11 is 0. The van der Waals surface area contributed by atoms with Gasteiger partial charge in [0, 0.05) is 5.56 Å². The summed E-state index contributed by atoms with van der Waals surface area (Å²) in [4.78, 5) is 3.95. The Morgan fingerprint density at radius 1 is 1.36 bits per heavy atom. The number of para-hydroxylation sites is 1. The van der Waals surface area contributed by atoms with E-state index in [9.17, 15) is 0 Å². The molecule has 0 atom stereocenters. The van der Waals surface area contributed by atoms with E-state index in [1.54, 1.807) is 7.11 Å². The van der Waals surface area contributed by atoms with Crippen molar-refractivity contribution in [3.63, 3.8) is 0 Å². The Morgan fingerprint density at radius 2 is 2.21 bits per heavy atom. The van der Waals surface area contributed by atoms with Crippen molar-refractivity contribution in [3.05, 3.63) is 42.0 Å². The molecular formula is C10H10N2O2. The van der Waals surface area contributed by atoms with Gasteiger partial charge in [-0.15, -0.1) is 0 Å². The minimum Gasteiger partial charge on any atom is -0.496 e. The average Bonchev–Trinajstić information content (AvgIpc) is 2.71. The summed E-state index contributed by atoms with van der Waals surface area (Å²) in [6.07, 6.45) is 1.99. The highest BCUT2D eigenvalue weighted by Gasteiger charge is 2.05. The number of rotatable bonds is 3. The Morgan fingerprint density at radius 3 is 2.93 bits per heavy atom. The van der Waals surface area contributed by atoms with Crippen molar-refractivity contribution in [3.8, 4) is 5.75 Å². The largest absolute Gasteiger partial charge is 0.496 e. The summed E-state index contributed by atoms with van der Waals surface area (Å²) < 4.78 is 10.1. The SMILES string of the molecule is COc1ccccc1Cc1ncno1. The van der Waals surface area contributed by atoms with E-state index in [0.717, 1.165) is 11.3 Å². The molecule has 0 aliphatic heterocycles. The smallest absolute Gasteiger partial charge is 0.230 e. The van der Waals surface area contributed by atoms with Crippen molar-refractivity contribution in [2.45, 2.75) is 6.42 Å². The number of methoxy groups -OCH3 is 1. The first kappa shape index (κ1) is 8.74. The molecule has 0 fully saturated rings. The van der Waals surface area contributed by atoms with Crippen LogP contribution in [0.5, 0.6) is 5.75 Å². The van der Waals surface area contributed by atoms with Gasteiger partial charge in [-0.2, -0.15) is 4.98 Å². The van der Waals surface area contributed by atoms with Crippen molar-refractivity contribution < 1.29 is 9.26 Å². The first-order valence-corrected chi connectivity index (χ1v) is 4.27. The predicted octanol–water partition coefficient (Wildman–Crippen LogP) is 1.67. The minimum atomic E-state index is 0.592. The standard InChI is InChI=1S/C10H10N2O2/c1-13-9-5-3-2-4-8(9)6-10-11-7-12-14-10/h2-5,7H,6H2,1H3. The molecule has 0 aliphatic carbocycles. The van der Waals surface area contributed by atoms with Crippen LogP contribution in [0.15, 0.2) is 35.1 Å². The van der Waals surface area contributed by atoms with Gasteiger partial charge in [0.2, 0.25) is 5.89 Å². The highest BCUT2D eigenvalue weighted by molar-refractivity contribution is 5.34. The summed E-state index contributed by atoms with van der Waals surface area (Å²) in [7, 11) is 1.65. The van der Waals surface area contributed by atoms with E-state index in [-0.39, 0.29) is 0 Å². The maximum Gasteiger partial charge on any atom is 0.230 e. The molecule has 0 aliphatic rings. The van der Waals surface area contributed by atoms with Crippen LogP contribution in [0.25, 0.3) is 0 Å². The van der Waals surface area contributed by atoms with Crippen LogP contribution >= 0.6 is 0 Å². The van der Waals surface area contributed by atoms with Crippen LogP contribution < -0.4 is 4.74 Å². The zero-order valence-electron chi connectivity index (χ0n) is 7.80. The van der Waals surface area contributed by atoms with Gasteiger partial charge in [0.25, 0.3) is 0 Å². The van der Waals surface area contributed by atoms with Crippen molar-refractivity contribution in [2.24, 2.45) is 0 Å². The van der Waals surface area contributed by atoms with E-state index < -0.39 is 0 Å². The molecule has 14 heavy (non-hydrogen) atoms. The minimum absolute atomic E-state index is 0.592. The maximum atomic E-state index is 5.20. The monoisotopic (exact) mass is 190 g/mol. The van der Waals surface area contributed by atoms with Crippen LogP contribution in [0.2, 0.25) is 0 Å². The van der Waals surface area contributed by atoms with Crippen LogP contribution in [0.4, 0.5) is 0 Å². The van der Waals surface area contributed by atoms with Crippen molar-refractivity contribution in [1.82, 2.24) is 10.1 Å². The summed E-state index contributed by atoms with van der Waals surface area (Å²) in [6.45, 7) is 0. The summed E-state index contributed by atoms with van der Waals surface area (Å²) in [5.41, 5.74) is 1.04. The molecule has 0 radical (unpaired) electrons. The number of hydrogen-bond donors (Lipinski definition) is 0. The number of aromatic nitrogens is 2. The third kappa shape index (κ3) is 1.74. The average molecular weight is 190 g/mol. The van der Waals surface area contributed by atoms with Gasteiger partial charge < -0.3 is 9.26 Å². The van der Waals surface area contributed by atoms with Gasteiger partial charge in [0.15, 0.2) is 6.33 Å². The van der Waals surface area contributed by atoms with Gasteiger partial charge in [-0.25, -0.2) is 0 Å². The van der Waals surface area contributed by atoms with Crippen LogP contribution in [0, 0.1) is 0 Å². The molecule has 2 rings (SSSR count). The molecule has 1 aromatic heterocycles. The van der Waals surface area contributed by atoms with Gasteiger partial charge in [-0.3, -0.25) is 0 Å². The highest BCUT2D eigenvalue weighted by Crippen LogP contribution is 2.19. The van der Waals surface area contributed by atoms with E-state index in [1.807, 2.05) is 24.3 Å². The lowest BCUT2D eigenvalue weighted by molar-refractivity contribution is 0.378. The number of ether oxygens (including phenoxy) is 1. The second kappa shape index (κ2) is 3.91. The number of nitrogens with zero attached hydrogens (tertiary/aromatic N) is 2. The molecule has 1 heterocycles. The normalized spacial score (nSPS) is 10.1. The molecule has 0 amide bonds. The summed E-state index contributed by atoms with van der Waals surface area (Å²) in [5.74, 6) is 1.43. The van der Waals surface area contributed by atoms with Gasteiger partial charge in [-0.05, 0) is 6.07 Å². The fourth-order valence-electron chi connectivity index (χ4n) is 1.29. The van der Waals surface area contributed by atoms with Crippen molar-refractivity contribution in [1.29, 1.82) is 0 Å². The Labute approximate surface area is 81.5 Å². The Balaban J connectivity index is 2.24. The Kier molecular flexibility index (Phi) is 2.44. The predicted molar refractivity (Wildman–Crippen MR) is 50.1 cm³/mol. The molecule has 0 unspecified atom stereocenters. The van der Waals surface area contributed by atoms with E-state index in [0.29, 0.717) is 12.3 Å². The molecule has 4 heteroatoms. The van der Waals surface area contributed by atoms with Gasteiger partial charge in [-0.1, -0.05) is 23.4 Å². The fraction of sp³-hybridized carbons (Fsp3) is 0.200. The third-order valence-corrected chi connectivity index (χ3v) is 1.94. The molecule has 0 spiro atoms. The van der Waals surface area contributed by atoms with Gasteiger partial charge >= 0.3 is 0 Å². The molecular weight excluding hydrogens is 180 g/mol. The molecule has 2 aromatic rings. The maximum absolute atomic E-state index is 5.20. The highest BCUT2D eigenvalue weighted by atomic mass is 16.5. The van der Waals surface area contributed by atoms with Gasteiger partial charge in [0.05, 0.1) is 13.5 Å². The number of hydrogen-bond acceptors (Lipinski definition) is 4. The van der Waals surface area contributed by atoms with E-state index >= 15 is 0 Å². The second-order valence-electron chi connectivity index (χ2n) is 2.82. The Bertz CT molecular complexity index is 398. The number of benzene rings is 1. The fourth-order valence-corrected chi connectivity index (χ4v) is 1.29. The van der Waals surface area contributed by atoms with Crippen LogP contribution in [0.1, 0.15) is 11.5 Å².